The standard InChI is InChI=1S/C8H12O5/c9-6-2-4(7(10)11)1-5(3-6)8(12)13/h4-6,9H,1-3H2,(H,10,11)(H,12,13)/t4-,5-/m0/s1. The zero-order chi connectivity index (χ0) is 10.0. The molecule has 1 aliphatic carbocycles. The van der Waals surface area contributed by atoms with Gasteiger partial charge in [-0.3, -0.25) is 9.59 Å². The number of rotatable bonds is 2. The van der Waals surface area contributed by atoms with Gasteiger partial charge in [0, 0.05) is 0 Å². The number of carbonyl (C=O) groups is 2. The SMILES string of the molecule is O=C(O)[C@@H]1CC(O)C[C@@H](C(=O)O)C1. The molecule has 74 valence electrons. The van der Waals surface area contributed by atoms with Crippen LogP contribution in [0.2, 0.25) is 0 Å². The average Bonchev–Trinajstić information content (AvgIpc) is 2.03. The first kappa shape index (κ1) is 9.98. The van der Waals surface area contributed by atoms with Crippen LogP contribution in [0.4, 0.5) is 0 Å². The molecular formula is C8H12O5. The highest BCUT2D eigenvalue weighted by Gasteiger charge is 2.35. The van der Waals surface area contributed by atoms with E-state index in [1.54, 1.807) is 0 Å². The number of aliphatic hydroxyl groups excluding tert-OH is 1. The van der Waals surface area contributed by atoms with Crippen LogP contribution in [0.3, 0.4) is 0 Å². The summed E-state index contributed by atoms with van der Waals surface area (Å²) in [7, 11) is 0. The molecule has 1 fully saturated rings. The highest BCUT2D eigenvalue weighted by atomic mass is 16.4. The molecule has 0 amide bonds. The Morgan fingerprint density at radius 3 is 1.62 bits per heavy atom. The Bertz CT molecular complexity index is 203. The zero-order valence-electron chi connectivity index (χ0n) is 7.01. The highest BCUT2D eigenvalue weighted by molar-refractivity contribution is 5.74. The van der Waals surface area contributed by atoms with Crippen molar-refractivity contribution < 1.29 is 24.9 Å². The molecule has 5 nitrogen and oxygen atoms in total. The lowest BCUT2D eigenvalue weighted by atomic mass is 9.80. The Kier molecular flexibility index (Phi) is 2.87. The summed E-state index contributed by atoms with van der Waals surface area (Å²) in [6, 6.07) is 0. The summed E-state index contributed by atoms with van der Waals surface area (Å²) < 4.78 is 0. The van der Waals surface area contributed by atoms with Crippen molar-refractivity contribution in [3.63, 3.8) is 0 Å². The van der Waals surface area contributed by atoms with E-state index < -0.39 is 29.9 Å². The van der Waals surface area contributed by atoms with Crippen LogP contribution < -0.4 is 0 Å². The van der Waals surface area contributed by atoms with Gasteiger partial charge in [0.2, 0.25) is 0 Å². The molecule has 1 saturated carbocycles. The molecule has 0 radical (unpaired) electrons. The number of hydrogen-bond donors (Lipinski definition) is 3. The van der Waals surface area contributed by atoms with Gasteiger partial charge in [-0.25, -0.2) is 0 Å². The van der Waals surface area contributed by atoms with E-state index in [1.807, 2.05) is 0 Å². The van der Waals surface area contributed by atoms with Gasteiger partial charge in [-0.2, -0.15) is 0 Å². The zero-order valence-corrected chi connectivity index (χ0v) is 7.01. The minimum Gasteiger partial charge on any atom is -0.481 e. The first-order valence-corrected chi connectivity index (χ1v) is 4.14. The summed E-state index contributed by atoms with van der Waals surface area (Å²) in [5.41, 5.74) is 0. The third kappa shape index (κ3) is 2.42. The number of carboxylic acids is 2. The maximum Gasteiger partial charge on any atom is 0.306 e. The highest BCUT2D eigenvalue weighted by Crippen LogP contribution is 2.29. The van der Waals surface area contributed by atoms with Gasteiger partial charge in [0.1, 0.15) is 0 Å². The van der Waals surface area contributed by atoms with Crippen LogP contribution in [-0.2, 0) is 9.59 Å². The van der Waals surface area contributed by atoms with E-state index in [9.17, 15) is 14.7 Å². The molecule has 0 saturated heterocycles. The Balaban J connectivity index is 2.62. The predicted molar refractivity (Wildman–Crippen MR) is 42.1 cm³/mol. The largest absolute Gasteiger partial charge is 0.481 e. The molecule has 2 atom stereocenters. The van der Waals surface area contributed by atoms with E-state index in [4.69, 9.17) is 10.2 Å². The molecule has 0 bridgehead atoms. The summed E-state index contributed by atoms with van der Waals surface area (Å²) in [4.78, 5) is 21.1. The van der Waals surface area contributed by atoms with Gasteiger partial charge in [-0.05, 0) is 19.3 Å². The van der Waals surface area contributed by atoms with Crippen LogP contribution in [0.1, 0.15) is 19.3 Å². The Labute approximate surface area is 75.0 Å². The molecule has 0 aromatic heterocycles. The van der Waals surface area contributed by atoms with Gasteiger partial charge in [-0.1, -0.05) is 0 Å². The van der Waals surface area contributed by atoms with Gasteiger partial charge in [0.15, 0.2) is 0 Å². The van der Waals surface area contributed by atoms with Gasteiger partial charge >= 0.3 is 11.9 Å². The lowest BCUT2D eigenvalue weighted by Crippen LogP contribution is -2.34. The molecule has 0 unspecified atom stereocenters. The lowest BCUT2D eigenvalue weighted by Gasteiger charge is -2.27. The molecule has 5 heteroatoms. The first-order chi connectivity index (χ1) is 6.00. The predicted octanol–water partition coefficient (Wildman–Crippen LogP) is -0.0672. The second-order valence-corrected chi connectivity index (χ2v) is 3.43. The Morgan fingerprint density at radius 1 is 0.923 bits per heavy atom. The quantitative estimate of drug-likeness (QED) is 0.564. The fraction of sp³-hybridized carbons (Fsp3) is 0.750. The van der Waals surface area contributed by atoms with Crippen molar-refractivity contribution >= 4 is 11.9 Å². The van der Waals surface area contributed by atoms with Crippen LogP contribution >= 0.6 is 0 Å². The summed E-state index contributed by atoms with van der Waals surface area (Å²) in [6.07, 6.45) is -0.337. The van der Waals surface area contributed by atoms with Crippen molar-refractivity contribution in [3.05, 3.63) is 0 Å². The maximum absolute atomic E-state index is 10.6. The minimum absolute atomic E-state index is 0.127. The third-order valence-corrected chi connectivity index (χ3v) is 2.38. The Hall–Kier alpha value is -1.10. The van der Waals surface area contributed by atoms with E-state index in [2.05, 4.69) is 0 Å². The van der Waals surface area contributed by atoms with E-state index in [1.165, 1.54) is 0 Å². The van der Waals surface area contributed by atoms with E-state index in [0.717, 1.165) is 0 Å². The smallest absolute Gasteiger partial charge is 0.306 e. The van der Waals surface area contributed by atoms with Crippen molar-refractivity contribution in [1.82, 2.24) is 0 Å². The molecule has 0 aliphatic heterocycles. The topological polar surface area (TPSA) is 94.8 Å². The van der Waals surface area contributed by atoms with Crippen molar-refractivity contribution in [2.45, 2.75) is 25.4 Å². The van der Waals surface area contributed by atoms with Crippen molar-refractivity contribution in [2.75, 3.05) is 0 Å². The average molecular weight is 188 g/mol. The summed E-state index contributed by atoms with van der Waals surface area (Å²) in [5, 5.41) is 26.5. The van der Waals surface area contributed by atoms with Gasteiger partial charge in [-0.15, -0.1) is 0 Å². The van der Waals surface area contributed by atoms with Gasteiger partial charge in [0.25, 0.3) is 0 Å². The van der Waals surface area contributed by atoms with Crippen LogP contribution in [0.15, 0.2) is 0 Å². The number of carboxylic acid groups (broad SMARTS) is 2. The molecule has 0 spiro atoms. The fourth-order valence-corrected chi connectivity index (χ4v) is 1.69. The van der Waals surface area contributed by atoms with Crippen LogP contribution in [-0.4, -0.2) is 33.4 Å². The monoisotopic (exact) mass is 188 g/mol. The molecule has 0 aromatic carbocycles. The lowest BCUT2D eigenvalue weighted by molar-refractivity contribution is -0.150. The van der Waals surface area contributed by atoms with E-state index in [-0.39, 0.29) is 19.3 Å². The van der Waals surface area contributed by atoms with Gasteiger partial charge < -0.3 is 15.3 Å². The molecule has 3 N–H and O–H groups in total. The Morgan fingerprint density at radius 2 is 1.31 bits per heavy atom. The summed E-state index contributed by atoms with van der Waals surface area (Å²) in [6.45, 7) is 0. The van der Waals surface area contributed by atoms with Crippen molar-refractivity contribution in [3.8, 4) is 0 Å². The molecule has 0 aromatic rings. The number of aliphatic hydroxyl groups is 1. The molecule has 0 heterocycles. The molecular weight excluding hydrogens is 176 g/mol. The first-order valence-electron chi connectivity index (χ1n) is 4.14. The van der Waals surface area contributed by atoms with Crippen LogP contribution in [0, 0.1) is 11.8 Å². The third-order valence-electron chi connectivity index (χ3n) is 2.38. The van der Waals surface area contributed by atoms with Gasteiger partial charge in [0.05, 0.1) is 17.9 Å². The normalized spacial score (nSPS) is 34.1. The summed E-state index contributed by atoms with van der Waals surface area (Å²) in [5.74, 6) is -3.48. The molecule has 1 aliphatic rings. The van der Waals surface area contributed by atoms with E-state index in [0.29, 0.717) is 0 Å². The van der Waals surface area contributed by atoms with Crippen molar-refractivity contribution in [1.29, 1.82) is 0 Å². The van der Waals surface area contributed by atoms with Crippen LogP contribution in [0.5, 0.6) is 0 Å². The van der Waals surface area contributed by atoms with Crippen molar-refractivity contribution in [2.24, 2.45) is 11.8 Å². The number of hydrogen-bond acceptors (Lipinski definition) is 3. The van der Waals surface area contributed by atoms with Crippen LogP contribution in [0.25, 0.3) is 0 Å². The molecule has 13 heavy (non-hydrogen) atoms. The maximum atomic E-state index is 10.6. The summed E-state index contributed by atoms with van der Waals surface area (Å²) >= 11 is 0. The van der Waals surface area contributed by atoms with E-state index >= 15 is 0 Å². The fourth-order valence-electron chi connectivity index (χ4n) is 1.69. The number of aliphatic carboxylic acids is 2. The second kappa shape index (κ2) is 3.74. The second-order valence-electron chi connectivity index (χ2n) is 3.43. The molecule has 1 rings (SSSR count). The minimum atomic E-state index is -1.02.